The van der Waals surface area contributed by atoms with Crippen LogP contribution >= 0.6 is 0 Å². The lowest BCUT2D eigenvalue weighted by Gasteiger charge is -2.14. The lowest BCUT2D eigenvalue weighted by atomic mass is 10.1. The molecule has 0 heterocycles. The molecular formula is C13H18F3NO. The molecule has 2 nitrogen and oxygen atoms in total. The molecule has 0 fully saturated rings. The Morgan fingerprint density at radius 2 is 2.00 bits per heavy atom. The van der Waals surface area contributed by atoms with E-state index in [0.29, 0.717) is 18.7 Å². The van der Waals surface area contributed by atoms with E-state index in [1.54, 1.807) is 0 Å². The first-order valence-electron chi connectivity index (χ1n) is 5.92. The summed E-state index contributed by atoms with van der Waals surface area (Å²) in [6.07, 6.45) is -4.30. The molecule has 0 unspecified atom stereocenters. The van der Waals surface area contributed by atoms with Gasteiger partial charge in [0.15, 0.2) is 0 Å². The van der Waals surface area contributed by atoms with E-state index in [1.807, 2.05) is 25.1 Å². The summed E-state index contributed by atoms with van der Waals surface area (Å²) in [7, 11) is 0. The zero-order valence-electron chi connectivity index (χ0n) is 10.4. The molecule has 1 aromatic rings. The number of rotatable bonds is 6. The molecule has 0 atom stereocenters. The maximum atomic E-state index is 12.0. The summed E-state index contributed by atoms with van der Waals surface area (Å²) in [5, 5.41) is 0. The van der Waals surface area contributed by atoms with Crippen molar-refractivity contribution in [2.75, 3.05) is 13.2 Å². The fourth-order valence-electron chi connectivity index (χ4n) is 1.72. The monoisotopic (exact) mass is 261 g/mol. The van der Waals surface area contributed by atoms with Crippen molar-refractivity contribution in [2.45, 2.75) is 32.4 Å². The summed E-state index contributed by atoms with van der Waals surface area (Å²) in [6, 6.07) is 5.65. The van der Waals surface area contributed by atoms with Gasteiger partial charge in [0.2, 0.25) is 0 Å². The number of halogens is 3. The number of alkyl halides is 3. The van der Waals surface area contributed by atoms with E-state index in [9.17, 15) is 13.2 Å². The topological polar surface area (TPSA) is 35.2 Å². The number of ether oxygens (including phenoxy) is 1. The second-order valence-electron chi connectivity index (χ2n) is 4.17. The van der Waals surface area contributed by atoms with Crippen molar-refractivity contribution in [3.05, 3.63) is 29.3 Å². The summed E-state index contributed by atoms with van der Waals surface area (Å²) >= 11 is 0. The Morgan fingerprint density at radius 1 is 1.28 bits per heavy atom. The predicted octanol–water partition coefficient (Wildman–Crippen LogP) is 3.22. The number of para-hydroxylation sites is 1. The highest BCUT2D eigenvalue weighted by atomic mass is 19.4. The number of aryl methyl sites for hydroxylation is 1. The van der Waals surface area contributed by atoms with Gasteiger partial charge in [-0.05, 0) is 37.4 Å². The number of nitrogens with two attached hydrogens (primary N) is 1. The molecule has 0 spiro atoms. The molecule has 0 saturated heterocycles. The summed E-state index contributed by atoms with van der Waals surface area (Å²) in [5.74, 6) is 0.671. The van der Waals surface area contributed by atoms with Crippen LogP contribution < -0.4 is 10.5 Å². The van der Waals surface area contributed by atoms with Gasteiger partial charge >= 0.3 is 6.18 Å². The van der Waals surface area contributed by atoms with Crippen LogP contribution in [-0.4, -0.2) is 19.3 Å². The third-order valence-electron chi connectivity index (χ3n) is 2.56. The molecule has 1 aromatic carbocycles. The van der Waals surface area contributed by atoms with Gasteiger partial charge in [-0.25, -0.2) is 0 Å². The van der Waals surface area contributed by atoms with Crippen LogP contribution in [0.2, 0.25) is 0 Å². The van der Waals surface area contributed by atoms with Crippen LogP contribution in [0.3, 0.4) is 0 Å². The fourth-order valence-corrected chi connectivity index (χ4v) is 1.72. The summed E-state index contributed by atoms with van der Waals surface area (Å²) in [6.45, 7) is 2.43. The van der Waals surface area contributed by atoms with Gasteiger partial charge in [0.05, 0.1) is 6.61 Å². The lowest BCUT2D eigenvalue weighted by molar-refractivity contribution is -0.136. The predicted molar refractivity (Wildman–Crippen MR) is 64.7 cm³/mol. The quantitative estimate of drug-likeness (QED) is 0.798. The van der Waals surface area contributed by atoms with Gasteiger partial charge in [0.1, 0.15) is 5.75 Å². The van der Waals surface area contributed by atoms with Crippen LogP contribution in [0.15, 0.2) is 18.2 Å². The van der Waals surface area contributed by atoms with Gasteiger partial charge in [0.25, 0.3) is 0 Å². The van der Waals surface area contributed by atoms with E-state index in [4.69, 9.17) is 10.5 Å². The molecular weight excluding hydrogens is 243 g/mol. The van der Waals surface area contributed by atoms with Crippen LogP contribution in [0.1, 0.15) is 24.0 Å². The zero-order valence-corrected chi connectivity index (χ0v) is 10.4. The molecule has 0 aliphatic heterocycles. The standard InChI is InChI=1S/C13H18F3NO/c1-10-4-2-5-11(6-8-17)12(10)18-9-3-7-13(14,15)16/h2,4-5H,3,6-9,17H2,1H3. The lowest BCUT2D eigenvalue weighted by Crippen LogP contribution is -2.11. The molecule has 0 aliphatic carbocycles. The third-order valence-corrected chi connectivity index (χ3v) is 2.56. The molecule has 0 amide bonds. The minimum atomic E-state index is -4.12. The summed E-state index contributed by atoms with van der Waals surface area (Å²) in [4.78, 5) is 0. The van der Waals surface area contributed by atoms with Crippen LogP contribution in [0.5, 0.6) is 5.75 Å². The first-order valence-corrected chi connectivity index (χ1v) is 5.92. The van der Waals surface area contributed by atoms with Crippen LogP contribution in [0, 0.1) is 6.92 Å². The smallest absolute Gasteiger partial charge is 0.389 e. The number of hydrogen-bond acceptors (Lipinski definition) is 2. The van der Waals surface area contributed by atoms with Gasteiger partial charge in [-0.2, -0.15) is 13.2 Å². The van der Waals surface area contributed by atoms with Crippen molar-refractivity contribution in [3.8, 4) is 5.75 Å². The Hall–Kier alpha value is -1.23. The summed E-state index contributed by atoms with van der Waals surface area (Å²) < 4.78 is 41.4. The third kappa shape index (κ3) is 4.96. The maximum Gasteiger partial charge on any atom is 0.389 e. The summed E-state index contributed by atoms with van der Waals surface area (Å²) in [5.41, 5.74) is 7.36. The molecule has 0 bridgehead atoms. The Bertz CT molecular complexity index is 377. The van der Waals surface area contributed by atoms with Gasteiger partial charge < -0.3 is 10.5 Å². The highest BCUT2D eigenvalue weighted by Gasteiger charge is 2.26. The number of benzene rings is 1. The van der Waals surface area contributed by atoms with Crippen LogP contribution in [0.25, 0.3) is 0 Å². The average Bonchev–Trinajstić information content (AvgIpc) is 2.26. The van der Waals surface area contributed by atoms with E-state index >= 15 is 0 Å². The van der Waals surface area contributed by atoms with Crippen LogP contribution in [-0.2, 0) is 6.42 Å². The molecule has 2 N–H and O–H groups in total. The van der Waals surface area contributed by atoms with E-state index in [2.05, 4.69) is 0 Å². The highest BCUT2D eigenvalue weighted by Crippen LogP contribution is 2.25. The van der Waals surface area contributed by atoms with Crippen molar-refractivity contribution in [3.63, 3.8) is 0 Å². The van der Waals surface area contributed by atoms with E-state index in [1.165, 1.54) is 0 Å². The minimum absolute atomic E-state index is 0.0279. The number of hydrogen-bond donors (Lipinski definition) is 1. The fraction of sp³-hybridized carbons (Fsp3) is 0.538. The Labute approximate surface area is 105 Å². The zero-order chi connectivity index (χ0) is 13.6. The molecule has 5 heteroatoms. The van der Waals surface area contributed by atoms with Crippen LogP contribution in [0.4, 0.5) is 13.2 Å². The Morgan fingerprint density at radius 3 is 2.61 bits per heavy atom. The van der Waals surface area contributed by atoms with Gasteiger partial charge in [-0.3, -0.25) is 0 Å². The van der Waals surface area contributed by atoms with Gasteiger partial charge in [0, 0.05) is 6.42 Å². The van der Waals surface area contributed by atoms with Gasteiger partial charge in [-0.15, -0.1) is 0 Å². The Kier molecular flexibility index (Phi) is 5.47. The first kappa shape index (κ1) is 14.8. The molecule has 0 aromatic heterocycles. The average molecular weight is 261 g/mol. The van der Waals surface area contributed by atoms with E-state index in [-0.39, 0.29) is 13.0 Å². The molecule has 102 valence electrons. The second kappa shape index (κ2) is 6.64. The molecule has 0 radical (unpaired) electrons. The highest BCUT2D eigenvalue weighted by molar-refractivity contribution is 5.40. The molecule has 1 rings (SSSR count). The van der Waals surface area contributed by atoms with Crippen molar-refractivity contribution in [1.82, 2.24) is 0 Å². The first-order chi connectivity index (χ1) is 8.44. The minimum Gasteiger partial charge on any atom is -0.493 e. The maximum absolute atomic E-state index is 12.0. The van der Waals surface area contributed by atoms with E-state index < -0.39 is 12.6 Å². The Balaban J connectivity index is 2.55. The molecule has 18 heavy (non-hydrogen) atoms. The van der Waals surface area contributed by atoms with Crippen molar-refractivity contribution >= 4 is 0 Å². The SMILES string of the molecule is Cc1cccc(CCN)c1OCCCC(F)(F)F. The van der Waals surface area contributed by atoms with E-state index in [0.717, 1.165) is 11.1 Å². The normalized spacial score (nSPS) is 11.6. The van der Waals surface area contributed by atoms with Gasteiger partial charge in [-0.1, -0.05) is 18.2 Å². The second-order valence-corrected chi connectivity index (χ2v) is 4.17. The van der Waals surface area contributed by atoms with Crippen molar-refractivity contribution in [1.29, 1.82) is 0 Å². The molecule has 0 aliphatic rings. The largest absolute Gasteiger partial charge is 0.493 e. The van der Waals surface area contributed by atoms with Crippen molar-refractivity contribution < 1.29 is 17.9 Å². The molecule has 0 saturated carbocycles. The van der Waals surface area contributed by atoms with Crippen molar-refractivity contribution in [2.24, 2.45) is 5.73 Å².